The Morgan fingerprint density at radius 1 is 0.833 bits per heavy atom. The number of carboxylic acids is 2. The molecule has 0 spiro atoms. The maximum atomic E-state index is 9.11. The van der Waals surface area contributed by atoms with Crippen LogP contribution in [0.1, 0.15) is 25.0 Å². The van der Waals surface area contributed by atoms with Crippen molar-refractivity contribution in [2.24, 2.45) is 0 Å². The van der Waals surface area contributed by atoms with Gasteiger partial charge in [-0.2, -0.15) is 0 Å². The molecule has 0 fully saturated rings. The van der Waals surface area contributed by atoms with E-state index in [-0.39, 0.29) is 11.5 Å². The molecular weight excluding hydrogens is 240 g/mol. The number of aliphatic carboxylic acids is 2. The van der Waals surface area contributed by atoms with E-state index >= 15 is 0 Å². The second-order valence-corrected chi connectivity index (χ2v) is 3.46. The molecule has 0 radical (unpaired) electrons. The van der Waals surface area contributed by atoms with Gasteiger partial charge in [0.1, 0.15) is 11.5 Å². The topological polar surface area (TPSA) is 115 Å². The Balaban J connectivity index is 0. The number of hydrogen-bond acceptors (Lipinski definition) is 4. The summed E-state index contributed by atoms with van der Waals surface area (Å²) < 4.78 is 0. The fourth-order valence-corrected chi connectivity index (χ4v) is 0.786. The van der Waals surface area contributed by atoms with Crippen molar-refractivity contribution in [3.05, 3.63) is 23.3 Å². The first kappa shape index (κ1) is 18.1. The molecule has 1 rings (SSSR count). The molecule has 0 saturated carbocycles. The lowest BCUT2D eigenvalue weighted by atomic mass is 10.1. The quantitative estimate of drug-likeness (QED) is 0.528. The van der Waals surface area contributed by atoms with Gasteiger partial charge in [0.2, 0.25) is 0 Å². The van der Waals surface area contributed by atoms with Crippen LogP contribution in [0.15, 0.2) is 12.1 Å². The minimum atomic E-state index is -0.833. The summed E-state index contributed by atoms with van der Waals surface area (Å²) in [6.45, 7) is 5.66. The van der Waals surface area contributed by atoms with E-state index in [2.05, 4.69) is 0 Å². The third kappa shape index (κ3) is 11.8. The molecule has 1 aromatic rings. The summed E-state index contributed by atoms with van der Waals surface area (Å²) in [5.74, 6) is -1.20. The Labute approximate surface area is 105 Å². The average molecular weight is 258 g/mol. The van der Waals surface area contributed by atoms with Crippen LogP contribution in [0.4, 0.5) is 0 Å². The second-order valence-electron chi connectivity index (χ2n) is 3.46. The highest BCUT2D eigenvalue weighted by Crippen LogP contribution is 2.24. The lowest BCUT2D eigenvalue weighted by molar-refractivity contribution is -0.135. The highest BCUT2D eigenvalue weighted by atomic mass is 16.4. The van der Waals surface area contributed by atoms with Gasteiger partial charge in [0.25, 0.3) is 11.9 Å². The zero-order valence-electron chi connectivity index (χ0n) is 10.8. The Morgan fingerprint density at radius 3 is 1.17 bits per heavy atom. The van der Waals surface area contributed by atoms with Crippen LogP contribution >= 0.6 is 0 Å². The Kier molecular flexibility index (Phi) is 8.93. The normalized spacial score (nSPS) is 8.22. The van der Waals surface area contributed by atoms with Crippen LogP contribution in [0.5, 0.6) is 11.5 Å². The predicted octanol–water partition coefficient (Wildman–Crippen LogP) is 1.90. The molecule has 0 aromatic heterocycles. The summed E-state index contributed by atoms with van der Waals surface area (Å²) in [5.41, 5.74) is 1.39. The number of rotatable bonds is 0. The maximum absolute atomic E-state index is 9.11. The van der Waals surface area contributed by atoms with Crippen LogP contribution in [-0.2, 0) is 9.59 Å². The molecule has 6 nitrogen and oxygen atoms in total. The van der Waals surface area contributed by atoms with Crippen molar-refractivity contribution >= 4 is 11.9 Å². The van der Waals surface area contributed by atoms with E-state index < -0.39 is 11.9 Å². The van der Waals surface area contributed by atoms with Gasteiger partial charge in [0.15, 0.2) is 0 Å². The number of phenols is 2. The van der Waals surface area contributed by atoms with Crippen LogP contribution in [0, 0.1) is 13.8 Å². The minimum absolute atomic E-state index is 0.232. The highest BCUT2D eigenvalue weighted by Gasteiger charge is 1.99. The first-order valence-electron chi connectivity index (χ1n) is 4.96. The number of aromatic hydroxyl groups is 2. The Morgan fingerprint density at radius 2 is 1.00 bits per heavy atom. The Hall–Kier alpha value is -2.24. The SMILES string of the molecule is CC(=O)O.CC(=O)O.Cc1cc(O)c(C)cc1O. The van der Waals surface area contributed by atoms with Crippen molar-refractivity contribution < 1.29 is 30.0 Å². The molecule has 0 atom stereocenters. The molecule has 0 heterocycles. The minimum Gasteiger partial charge on any atom is -0.508 e. The van der Waals surface area contributed by atoms with Gasteiger partial charge in [-0.1, -0.05) is 0 Å². The largest absolute Gasteiger partial charge is 0.508 e. The molecule has 1 aromatic carbocycles. The van der Waals surface area contributed by atoms with Gasteiger partial charge in [0, 0.05) is 13.8 Å². The lowest BCUT2D eigenvalue weighted by Crippen LogP contribution is -1.78. The number of carboxylic acid groups (broad SMARTS) is 2. The molecule has 102 valence electrons. The first-order valence-corrected chi connectivity index (χ1v) is 4.96. The number of benzene rings is 1. The summed E-state index contributed by atoms with van der Waals surface area (Å²) >= 11 is 0. The molecule has 0 aliphatic heterocycles. The number of aryl methyl sites for hydroxylation is 2. The van der Waals surface area contributed by atoms with Crippen LogP contribution in [0.3, 0.4) is 0 Å². The zero-order valence-corrected chi connectivity index (χ0v) is 10.8. The molecule has 18 heavy (non-hydrogen) atoms. The second kappa shape index (κ2) is 8.86. The maximum Gasteiger partial charge on any atom is 0.300 e. The molecule has 0 unspecified atom stereocenters. The molecule has 6 heteroatoms. The fraction of sp³-hybridized carbons (Fsp3) is 0.333. The van der Waals surface area contributed by atoms with Gasteiger partial charge in [-0.25, -0.2) is 0 Å². The van der Waals surface area contributed by atoms with Crippen LogP contribution in [0.2, 0.25) is 0 Å². The lowest BCUT2D eigenvalue weighted by Gasteiger charge is -2.01. The summed E-state index contributed by atoms with van der Waals surface area (Å²) in [6, 6.07) is 3.09. The van der Waals surface area contributed by atoms with Crippen molar-refractivity contribution in [1.29, 1.82) is 0 Å². The monoisotopic (exact) mass is 258 g/mol. The first-order chi connectivity index (χ1) is 8.07. The predicted molar refractivity (Wildman–Crippen MR) is 65.9 cm³/mol. The van der Waals surface area contributed by atoms with Gasteiger partial charge in [-0.3, -0.25) is 9.59 Å². The van der Waals surface area contributed by atoms with Gasteiger partial charge in [-0.15, -0.1) is 0 Å². The summed E-state index contributed by atoms with van der Waals surface area (Å²) in [4.78, 5) is 18.0. The third-order valence-corrected chi connectivity index (χ3v) is 1.51. The van der Waals surface area contributed by atoms with Crippen molar-refractivity contribution in [2.45, 2.75) is 27.7 Å². The molecule has 0 aliphatic carbocycles. The number of phenolic OH excluding ortho intramolecular Hbond substituents is 2. The highest BCUT2D eigenvalue weighted by molar-refractivity contribution is 5.63. The summed E-state index contributed by atoms with van der Waals surface area (Å²) in [6.07, 6.45) is 0. The molecule has 0 bridgehead atoms. The molecule has 0 aliphatic rings. The van der Waals surface area contributed by atoms with Gasteiger partial charge < -0.3 is 20.4 Å². The number of carbonyl (C=O) groups is 2. The molecule has 4 N–H and O–H groups in total. The standard InChI is InChI=1S/C8H10O2.2C2H4O2/c1-5-3-8(10)6(2)4-7(5)9;2*1-2(3)4/h3-4,9-10H,1-2H3;2*1H3,(H,3,4). The third-order valence-electron chi connectivity index (χ3n) is 1.51. The van der Waals surface area contributed by atoms with Crippen molar-refractivity contribution in [3.8, 4) is 11.5 Å². The molecule has 0 amide bonds. The van der Waals surface area contributed by atoms with Gasteiger partial charge in [0.05, 0.1) is 0 Å². The van der Waals surface area contributed by atoms with Crippen molar-refractivity contribution in [2.75, 3.05) is 0 Å². The van der Waals surface area contributed by atoms with E-state index in [1.54, 1.807) is 26.0 Å². The van der Waals surface area contributed by atoms with Crippen molar-refractivity contribution in [3.63, 3.8) is 0 Å². The molecular formula is C12H18O6. The van der Waals surface area contributed by atoms with E-state index in [4.69, 9.17) is 30.0 Å². The van der Waals surface area contributed by atoms with E-state index in [9.17, 15) is 0 Å². The number of hydrogen-bond donors (Lipinski definition) is 4. The van der Waals surface area contributed by atoms with E-state index in [1.165, 1.54) is 0 Å². The van der Waals surface area contributed by atoms with Crippen molar-refractivity contribution in [1.82, 2.24) is 0 Å². The summed E-state index contributed by atoms with van der Waals surface area (Å²) in [5, 5.41) is 33.1. The Bertz CT molecular complexity index is 341. The molecule has 0 saturated heterocycles. The van der Waals surface area contributed by atoms with E-state index in [0.29, 0.717) is 11.1 Å². The van der Waals surface area contributed by atoms with E-state index in [1.807, 2.05) is 0 Å². The zero-order chi connectivity index (χ0) is 14.9. The summed E-state index contributed by atoms with van der Waals surface area (Å²) in [7, 11) is 0. The van der Waals surface area contributed by atoms with Gasteiger partial charge in [-0.05, 0) is 37.1 Å². The smallest absolute Gasteiger partial charge is 0.300 e. The van der Waals surface area contributed by atoms with Crippen LogP contribution in [0.25, 0.3) is 0 Å². The van der Waals surface area contributed by atoms with Gasteiger partial charge >= 0.3 is 0 Å². The average Bonchev–Trinajstić information content (AvgIpc) is 2.13. The van der Waals surface area contributed by atoms with E-state index in [0.717, 1.165) is 13.8 Å². The van der Waals surface area contributed by atoms with Crippen LogP contribution in [-0.4, -0.2) is 32.4 Å². The fourth-order valence-electron chi connectivity index (χ4n) is 0.786. The van der Waals surface area contributed by atoms with Crippen LogP contribution < -0.4 is 0 Å².